The Bertz CT molecular complexity index is 1210. The van der Waals surface area contributed by atoms with Crippen LogP contribution < -0.4 is 10.1 Å². The minimum absolute atomic E-state index is 0.104. The molecule has 170 valence electrons. The maximum Gasteiger partial charge on any atom is 0.242 e. The Balaban J connectivity index is 1.76. The molecule has 1 amide bonds. The van der Waals surface area contributed by atoms with E-state index in [0.717, 1.165) is 15.6 Å². The number of nitrogens with zero attached hydrogens (tertiary/aromatic N) is 5. The molecule has 2 aromatic carbocycles. The Kier molecular flexibility index (Phi) is 7.16. The van der Waals surface area contributed by atoms with Crippen molar-refractivity contribution < 1.29 is 17.9 Å². The van der Waals surface area contributed by atoms with E-state index >= 15 is 0 Å². The van der Waals surface area contributed by atoms with Gasteiger partial charge in [0.2, 0.25) is 21.1 Å². The van der Waals surface area contributed by atoms with Crippen molar-refractivity contribution in [1.82, 2.24) is 24.5 Å². The number of carbonyl (C=O) groups is 1. The van der Waals surface area contributed by atoms with Gasteiger partial charge in [0.1, 0.15) is 5.75 Å². The predicted molar refractivity (Wildman–Crippen MR) is 122 cm³/mol. The lowest BCUT2D eigenvalue weighted by Gasteiger charge is -2.16. The van der Waals surface area contributed by atoms with E-state index in [1.807, 2.05) is 12.1 Å². The molecule has 1 atom stereocenters. The number of amides is 1. The summed E-state index contributed by atoms with van der Waals surface area (Å²) in [5.74, 6) is 0.402. The molecule has 0 radical (unpaired) electrons. The van der Waals surface area contributed by atoms with Gasteiger partial charge in [-0.15, -0.1) is 5.10 Å². The summed E-state index contributed by atoms with van der Waals surface area (Å²) in [4.78, 5) is 12.9. The number of ether oxygens (including phenoxy) is 1. The van der Waals surface area contributed by atoms with Crippen molar-refractivity contribution in [3.05, 3.63) is 48.0 Å². The summed E-state index contributed by atoms with van der Waals surface area (Å²) in [5, 5.41) is 14.4. The summed E-state index contributed by atoms with van der Waals surface area (Å²) in [7, 11) is 0.883. The van der Waals surface area contributed by atoms with Crippen LogP contribution in [0.4, 0.5) is 5.69 Å². The van der Waals surface area contributed by atoms with Crippen LogP contribution in [0.15, 0.2) is 52.5 Å². The number of methoxy groups -OCH3 is 1. The van der Waals surface area contributed by atoms with E-state index in [2.05, 4.69) is 20.8 Å². The van der Waals surface area contributed by atoms with Gasteiger partial charge in [0, 0.05) is 19.8 Å². The number of hydrogen-bond acceptors (Lipinski definition) is 8. The molecule has 0 saturated heterocycles. The van der Waals surface area contributed by atoms with Crippen molar-refractivity contribution in [2.45, 2.75) is 29.1 Å². The van der Waals surface area contributed by atoms with Gasteiger partial charge in [-0.1, -0.05) is 17.8 Å². The standard InChI is InChI=1S/C20H24N6O4S2/c1-13-6-11-17(32(28,29)25(3)4)12-18(13)21-19(27)14(2)31-20-22-23-24-26(20)15-7-9-16(30-5)10-8-15/h6-12,14H,1-5H3,(H,21,27). The van der Waals surface area contributed by atoms with Crippen LogP contribution in [0.3, 0.4) is 0 Å². The average molecular weight is 477 g/mol. The highest BCUT2D eigenvalue weighted by Crippen LogP contribution is 2.26. The Morgan fingerprint density at radius 3 is 2.50 bits per heavy atom. The van der Waals surface area contributed by atoms with Gasteiger partial charge in [-0.05, 0) is 66.2 Å². The molecule has 1 aromatic heterocycles. The number of thioether (sulfide) groups is 1. The Labute approximate surface area is 191 Å². The fourth-order valence-corrected chi connectivity index (χ4v) is 4.43. The summed E-state index contributed by atoms with van der Waals surface area (Å²) in [6, 6.07) is 11.8. The lowest BCUT2D eigenvalue weighted by molar-refractivity contribution is -0.115. The number of anilines is 1. The quantitative estimate of drug-likeness (QED) is 0.492. The van der Waals surface area contributed by atoms with Crippen LogP contribution in [0.5, 0.6) is 5.75 Å². The zero-order valence-corrected chi connectivity index (χ0v) is 19.9. The number of tetrazole rings is 1. The fraction of sp³-hybridized carbons (Fsp3) is 0.300. The number of nitrogens with one attached hydrogen (secondary N) is 1. The summed E-state index contributed by atoms with van der Waals surface area (Å²) < 4.78 is 32.7. The van der Waals surface area contributed by atoms with E-state index in [-0.39, 0.29) is 10.8 Å². The van der Waals surface area contributed by atoms with Gasteiger partial charge in [0.25, 0.3) is 0 Å². The largest absolute Gasteiger partial charge is 0.497 e. The zero-order chi connectivity index (χ0) is 23.5. The van der Waals surface area contributed by atoms with Crippen LogP contribution in [-0.2, 0) is 14.8 Å². The first-order valence-electron chi connectivity index (χ1n) is 9.57. The smallest absolute Gasteiger partial charge is 0.242 e. The van der Waals surface area contributed by atoms with Crippen LogP contribution in [0.1, 0.15) is 12.5 Å². The molecule has 32 heavy (non-hydrogen) atoms. The van der Waals surface area contributed by atoms with Crippen molar-refractivity contribution in [3.63, 3.8) is 0 Å². The second kappa shape index (κ2) is 9.67. The molecular formula is C20H24N6O4S2. The third-order valence-electron chi connectivity index (χ3n) is 4.65. The second-order valence-corrected chi connectivity index (χ2v) is 10.5. The monoisotopic (exact) mass is 476 g/mol. The second-order valence-electron chi connectivity index (χ2n) is 7.08. The first-order chi connectivity index (χ1) is 15.1. The molecule has 12 heteroatoms. The highest BCUT2D eigenvalue weighted by molar-refractivity contribution is 8.00. The number of carbonyl (C=O) groups excluding carboxylic acids is 1. The van der Waals surface area contributed by atoms with Gasteiger partial charge < -0.3 is 10.1 Å². The summed E-state index contributed by atoms with van der Waals surface area (Å²) in [5.41, 5.74) is 1.90. The van der Waals surface area contributed by atoms with Crippen molar-refractivity contribution in [1.29, 1.82) is 0 Å². The molecule has 10 nitrogen and oxygen atoms in total. The van der Waals surface area contributed by atoms with Crippen molar-refractivity contribution >= 4 is 33.4 Å². The summed E-state index contributed by atoms with van der Waals surface area (Å²) in [6.07, 6.45) is 0. The SMILES string of the molecule is COc1ccc(-n2nnnc2SC(C)C(=O)Nc2cc(S(=O)(=O)N(C)C)ccc2C)cc1. The van der Waals surface area contributed by atoms with Crippen LogP contribution in [-0.4, -0.2) is 65.3 Å². The third-order valence-corrected chi connectivity index (χ3v) is 7.50. The Morgan fingerprint density at radius 1 is 1.19 bits per heavy atom. The summed E-state index contributed by atoms with van der Waals surface area (Å²) in [6.45, 7) is 3.52. The zero-order valence-electron chi connectivity index (χ0n) is 18.3. The number of aryl methyl sites for hydroxylation is 1. The van der Waals surface area contributed by atoms with E-state index in [1.54, 1.807) is 39.2 Å². The molecule has 0 aliphatic rings. The molecule has 0 spiro atoms. The molecule has 1 heterocycles. The summed E-state index contributed by atoms with van der Waals surface area (Å²) >= 11 is 1.19. The molecule has 0 aliphatic carbocycles. The van der Waals surface area contributed by atoms with Gasteiger partial charge in [0.05, 0.1) is 22.9 Å². The molecule has 0 fully saturated rings. The fourth-order valence-electron chi connectivity index (χ4n) is 2.69. The molecular weight excluding hydrogens is 452 g/mol. The van der Waals surface area contributed by atoms with E-state index in [9.17, 15) is 13.2 Å². The lowest BCUT2D eigenvalue weighted by Crippen LogP contribution is -2.25. The van der Waals surface area contributed by atoms with Crippen LogP contribution in [0.2, 0.25) is 0 Å². The number of sulfonamides is 1. The first-order valence-corrected chi connectivity index (χ1v) is 11.9. The van der Waals surface area contributed by atoms with Gasteiger partial charge in [-0.25, -0.2) is 12.7 Å². The third kappa shape index (κ3) is 5.09. The van der Waals surface area contributed by atoms with E-state index in [1.165, 1.54) is 42.7 Å². The minimum Gasteiger partial charge on any atom is -0.497 e. The molecule has 1 N–H and O–H groups in total. The lowest BCUT2D eigenvalue weighted by atomic mass is 10.2. The van der Waals surface area contributed by atoms with E-state index < -0.39 is 15.3 Å². The first kappa shape index (κ1) is 23.7. The van der Waals surface area contributed by atoms with Gasteiger partial charge in [-0.3, -0.25) is 4.79 Å². The maximum absolute atomic E-state index is 12.8. The van der Waals surface area contributed by atoms with Crippen LogP contribution >= 0.6 is 11.8 Å². The number of rotatable bonds is 8. The van der Waals surface area contributed by atoms with Crippen LogP contribution in [0.25, 0.3) is 5.69 Å². The number of hydrogen-bond donors (Lipinski definition) is 1. The minimum atomic E-state index is -3.62. The molecule has 1 unspecified atom stereocenters. The topological polar surface area (TPSA) is 119 Å². The van der Waals surface area contributed by atoms with Crippen molar-refractivity contribution in [2.75, 3.05) is 26.5 Å². The molecule has 0 aliphatic heterocycles. The number of aromatic nitrogens is 4. The highest BCUT2D eigenvalue weighted by atomic mass is 32.2. The normalized spacial score (nSPS) is 12.6. The Morgan fingerprint density at radius 2 is 1.88 bits per heavy atom. The number of benzene rings is 2. The predicted octanol–water partition coefficient (Wildman–Crippen LogP) is 2.35. The molecule has 0 bridgehead atoms. The van der Waals surface area contributed by atoms with Crippen molar-refractivity contribution in [3.8, 4) is 11.4 Å². The van der Waals surface area contributed by atoms with Gasteiger partial charge >= 0.3 is 0 Å². The van der Waals surface area contributed by atoms with Crippen LogP contribution in [0, 0.1) is 6.92 Å². The average Bonchev–Trinajstić information content (AvgIpc) is 3.23. The van der Waals surface area contributed by atoms with Crippen molar-refractivity contribution in [2.24, 2.45) is 0 Å². The van der Waals surface area contributed by atoms with E-state index in [4.69, 9.17) is 4.74 Å². The molecule has 3 rings (SSSR count). The highest BCUT2D eigenvalue weighted by Gasteiger charge is 2.22. The maximum atomic E-state index is 12.8. The molecule has 3 aromatic rings. The molecule has 0 saturated carbocycles. The Hall–Kier alpha value is -2.96. The van der Waals surface area contributed by atoms with Gasteiger partial charge in [0.15, 0.2) is 0 Å². The van der Waals surface area contributed by atoms with E-state index in [0.29, 0.717) is 16.6 Å². The van der Waals surface area contributed by atoms with Gasteiger partial charge in [-0.2, -0.15) is 4.68 Å².